The van der Waals surface area contributed by atoms with E-state index < -0.39 is 6.67 Å². The fraction of sp³-hybridized carbons (Fsp3) is 0.250. The number of rotatable bonds is 3. The maximum atomic E-state index is 11.7. The van der Waals surface area contributed by atoms with E-state index in [1.165, 1.54) is 6.07 Å². The molecule has 66 valence electrons. The second kappa shape index (κ2) is 3.80. The molecule has 1 aromatic rings. The molecule has 0 heterocycles. The van der Waals surface area contributed by atoms with E-state index in [-0.39, 0.29) is 18.0 Å². The summed E-state index contributed by atoms with van der Waals surface area (Å²) in [6, 6.07) is 4.60. The third kappa shape index (κ3) is 1.78. The molecule has 12 heavy (non-hydrogen) atoms. The zero-order valence-electron chi connectivity index (χ0n) is 6.46. The first-order valence-electron chi connectivity index (χ1n) is 3.52. The van der Waals surface area contributed by atoms with E-state index in [1.54, 1.807) is 12.1 Å². The summed E-state index contributed by atoms with van der Waals surface area (Å²) in [6.07, 6.45) is 0. The molecule has 0 saturated heterocycles. The van der Waals surface area contributed by atoms with Gasteiger partial charge >= 0.3 is 0 Å². The van der Waals surface area contributed by atoms with Crippen molar-refractivity contribution in [2.75, 3.05) is 19.0 Å². The number of hydrogen-bond acceptors (Lipinski definition) is 3. The highest BCUT2D eigenvalue weighted by molar-refractivity contribution is 5.61. The van der Waals surface area contributed by atoms with Crippen LogP contribution in [-0.4, -0.2) is 18.4 Å². The van der Waals surface area contributed by atoms with Crippen molar-refractivity contribution in [3.05, 3.63) is 18.2 Å². The highest BCUT2D eigenvalue weighted by Gasteiger charge is 2.03. The van der Waals surface area contributed by atoms with Gasteiger partial charge in [0.15, 0.2) is 0 Å². The normalized spacial score (nSPS) is 9.75. The lowest BCUT2D eigenvalue weighted by Crippen LogP contribution is -2.01. The molecule has 3 nitrogen and oxygen atoms in total. The molecule has 0 amide bonds. The Morgan fingerprint density at radius 1 is 1.50 bits per heavy atom. The second-order valence-electron chi connectivity index (χ2n) is 2.23. The van der Waals surface area contributed by atoms with Crippen LogP contribution in [0.15, 0.2) is 18.2 Å². The van der Waals surface area contributed by atoms with Crippen LogP contribution in [0.2, 0.25) is 0 Å². The molecule has 4 heteroatoms. The van der Waals surface area contributed by atoms with Gasteiger partial charge < -0.3 is 15.6 Å². The summed E-state index contributed by atoms with van der Waals surface area (Å²) < 4.78 is 16.6. The SMILES string of the molecule is Nc1c(O)cccc1OCCF. The van der Waals surface area contributed by atoms with Crippen LogP contribution in [0.4, 0.5) is 10.1 Å². The predicted octanol–water partition coefficient (Wildman–Crippen LogP) is 1.32. The average Bonchev–Trinajstić information content (AvgIpc) is 2.08. The molecule has 0 atom stereocenters. The van der Waals surface area contributed by atoms with Crippen molar-refractivity contribution >= 4 is 5.69 Å². The van der Waals surface area contributed by atoms with Crippen LogP contribution in [-0.2, 0) is 0 Å². The van der Waals surface area contributed by atoms with E-state index in [4.69, 9.17) is 15.6 Å². The maximum Gasteiger partial charge on any atom is 0.146 e. The van der Waals surface area contributed by atoms with Gasteiger partial charge in [0.1, 0.15) is 30.5 Å². The minimum absolute atomic E-state index is 0.0480. The maximum absolute atomic E-state index is 11.7. The van der Waals surface area contributed by atoms with E-state index in [2.05, 4.69) is 0 Å². The summed E-state index contributed by atoms with van der Waals surface area (Å²) in [6.45, 7) is -0.622. The van der Waals surface area contributed by atoms with Crippen molar-refractivity contribution in [2.24, 2.45) is 0 Å². The Labute approximate surface area is 69.6 Å². The minimum Gasteiger partial charge on any atom is -0.506 e. The van der Waals surface area contributed by atoms with E-state index in [9.17, 15) is 4.39 Å². The number of benzene rings is 1. The lowest BCUT2D eigenvalue weighted by Gasteiger charge is -2.07. The number of halogens is 1. The summed E-state index contributed by atoms with van der Waals surface area (Å²) in [4.78, 5) is 0. The number of para-hydroxylation sites is 1. The zero-order valence-corrected chi connectivity index (χ0v) is 6.46. The Morgan fingerprint density at radius 3 is 2.92 bits per heavy atom. The first-order valence-corrected chi connectivity index (χ1v) is 3.52. The van der Waals surface area contributed by atoms with Gasteiger partial charge in [-0.1, -0.05) is 6.07 Å². The number of phenolic OH excluding ortho intramolecular Hbond substituents is 1. The number of nitrogens with two attached hydrogens (primary N) is 1. The van der Waals surface area contributed by atoms with Gasteiger partial charge in [-0.05, 0) is 12.1 Å². The molecule has 1 rings (SSSR count). The summed E-state index contributed by atoms with van der Waals surface area (Å²) in [5.41, 5.74) is 5.57. The number of alkyl halides is 1. The molecule has 3 N–H and O–H groups in total. The Hall–Kier alpha value is -1.45. The smallest absolute Gasteiger partial charge is 0.146 e. The van der Waals surface area contributed by atoms with Crippen molar-refractivity contribution in [1.29, 1.82) is 0 Å². The van der Waals surface area contributed by atoms with Crippen LogP contribution >= 0.6 is 0 Å². The fourth-order valence-corrected chi connectivity index (χ4v) is 0.807. The Bertz CT molecular complexity index is 265. The molecule has 0 spiro atoms. The second-order valence-corrected chi connectivity index (χ2v) is 2.23. The summed E-state index contributed by atoms with van der Waals surface area (Å²) in [7, 11) is 0. The molecule has 0 aliphatic heterocycles. The monoisotopic (exact) mass is 171 g/mol. The number of nitrogen functional groups attached to an aromatic ring is 1. The van der Waals surface area contributed by atoms with Crippen LogP contribution in [0.1, 0.15) is 0 Å². The van der Waals surface area contributed by atoms with Crippen molar-refractivity contribution in [1.82, 2.24) is 0 Å². The molecule has 0 fully saturated rings. The van der Waals surface area contributed by atoms with E-state index in [0.29, 0.717) is 5.75 Å². The molecule has 0 radical (unpaired) electrons. The minimum atomic E-state index is -0.574. The van der Waals surface area contributed by atoms with Gasteiger partial charge in [-0.25, -0.2) is 4.39 Å². The number of hydrogen-bond donors (Lipinski definition) is 2. The molecule has 0 unspecified atom stereocenters. The summed E-state index contributed by atoms with van der Waals surface area (Å²) in [5, 5.41) is 9.10. The van der Waals surface area contributed by atoms with Crippen LogP contribution in [0.3, 0.4) is 0 Å². The van der Waals surface area contributed by atoms with Gasteiger partial charge in [0.2, 0.25) is 0 Å². The zero-order chi connectivity index (χ0) is 8.97. The molecule has 0 aliphatic rings. The first-order chi connectivity index (χ1) is 5.75. The fourth-order valence-electron chi connectivity index (χ4n) is 0.807. The van der Waals surface area contributed by atoms with E-state index in [1.807, 2.05) is 0 Å². The Morgan fingerprint density at radius 2 is 2.25 bits per heavy atom. The van der Waals surface area contributed by atoms with Gasteiger partial charge in [-0.2, -0.15) is 0 Å². The predicted molar refractivity (Wildman–Crippen MR) is 44.0 cm³/mol. The van der Waals surface area contributed by atoms with Gasteiger partial charge in [0.25, 0.3) is 0 Å². The summed E-state index contributed by atoms with van der Waals surface area (Å²) in [5.74, 6) is 0.263. The van der Waals surface area contributed by atoms with E-state index in [0.717, 1.165) is 0 Å². The van der Waals surface area contributed by atoms with Gasteiger partial charge in [-0.15, -0.1) is 0 Å². The van der Waals surface area contributed by atoms with Crippen molar-refractivity contribution in [3.8, 4) is 11.5 Å². The van der Waals surface area contributed by atoms with Crippen LogP contribution in [0, 0.1) is 0 Å². The first kappa shape index (κ1) is 8.64. The molecule has 0 bridgehead atoms. The van der Waals surface area contributed by atoms with Gasteiger partial charge in [0.05, 0.1) is 0 Å². The van der Waals surface area contributed by atoms with Gasteiger partial charge in [-0.3, -0.25) is 0 Å². The lowest BCUT2D eigenvalue weighted by molar-refractivity contribution is 0.273. The number of aromatic hydroxyl groups is 1. The molecule has 0 aromatic heterocycles. The third-order valence-corrected chi connectivity index (χ3v) is 1.38. The average molecular weight is 171 g/mol. The van der Waals surface area contributed by atoms with Crippen molar-refractivity contribution in [3.63, 3.8) is 0 Å². The summed E-state index contributed by atoms with van der Waals surface area (Å²) >= 11 is 0. The molecule has 0 aliphatic carbocycles. The van der Waals surface area contributed by atoms with Crippen molar-refractivity contribution in [2.45, 2.75) is 0 Å². The number of phenols is 1. The van der Waals surface area contributed by atoms with Crippen LogP contribution < -0.4 is 10.5 Å². The largest absolute Gasteiger partial charge is 0.506 e. The van der Waals surface area contributed by atoms with E-state index >= 15 is 0 Å². The third-order valence-electron chi connectivity index (χ3n) is 1.38. The molecular formula is C8H10FNO2. The Kier molecular flexibility index (Phi) is 2.74. The molecule has 0 saturated carbocycles. The topological polar surface area (TPSA) is 55.5 Å². The Balaban J connectivity index is 2.78. The highest BCUT2D eigenvalue weighted by Crippen LogP contribution is 2.29. The highest BCUT2D eigenvalue weighted by atomic mass is 19.1. The molecule has 1 aromatic carbocycles. The van der Waals surface area contributed by atoms with Crippen LogP contribution in [0.5, 0.6) is 11.5 Å². The van der Waals surface area contributed by atoms with Crippen molar-refractivity contribution < 1.29 is 14.2 Å². The van der Waals surface area contributed by atoms with Gasteiger partial charge in [0, 0.05) is 0 Å². The standard InChI is InChI=1S/C8H10FNO2/c9-4-5-12-7-3-1-2-6(11)8(7)10/h1-3,11H,4-5,10H2. The number of anilines is 1. The lowest BCUT2D eigenvalue weighted by atomic mass is 10.3. The quantitative estimate of drug-likeness (QED) is 0.532. The molecular weight excluding hydrogens is 161 g/mol. The number of ether oxygens (including phenoxy) is 1. The van der Waals surface area contributed by atoms with Crippen LogP contribution in [0.25, 0.3) is 0 Å².